The van der Waals surface area contributed by atoms with Gasteiger partial charge in [-0.25, -0.2) is 4.79 Å². The number of amides is 3. The van der Waals surface area contributed by atoms with Crippen molar-refractivity contribution in [1.82, 2.24) is 15.5 Å². The van der Waals surface area contributed by atoms with Crippen LogP contribution in [-0.2, 0) is 22.6 Å². The molecule has 1 heterocycles. The first-order valence-corrected chi connectivity index (χ1v) is 13.6. The van der Waals surface area contributed by atoms with E-state index in [4.69, 9.17) is 21.1 Å². The van der Waals surface area contributed by atoms with Gasteiger partial charge in [0.2, 0.25) is 5.91 Å². The Hall–Kier alpha value is -3.59. The Balaban J connectivity index is 1.27. The molecule has 0 radical (unpaired) electrons. The second-order valence-corrected chi connectivity index (χ2v) is 9.82. The minimum Gasteiger partial charge on any atom is -0.489 e. The predicted octanol–water partition coefficient (Wildman–Crippen LogP) is 4.49. The van der Waals surface area contributed by atoms with Crippen LogP contribution in [0.25, 0.3) is 0 Å². The van der Waals surface area contributed by atoms with Gasteiger partial charge >= 0.3 is 6.03 Å². The molecule has 1 fully saturated rings. The number of halogens is 1. The van der Waals surface area contributed by atoms with Crippen LogP contribution in [0.3, 0.4) is 0 Å². The van der Waals surface area contributed by atoms with Gasteiger partial charge in [0.15, 0.2) is 0 Å². The molecule has 39 heavy (non-hydrogen) atoms. The van der Waals surface area contributed by atoms with Crippen molar-refractivity contribution < 1.29 is 19.1 Å². The summed E-state index contributed by atoms with van der Waals surface area (Å²) in [6.45, 7) is 5.17. The van der Waals surface area contributed by atoms with Crippen LogP contribution in [0.5, 0.6) is 5.75 Å². The summed E-state index contributed by atoms with van der Waals surface area (Å²) in [5.74, 6) is 0.458. The summed E-state index contributed by atoms with van der Waals surface area (Å²) in [5.41, 5.74) is 2.52. The number of rotatable bonds is 12. The van der Waals surface area contributed by atoms with Crippen LogP contribution in [0.1, 0.15) is 17.5 Å². The maximum atomic E-state index is 13.0. The quantitative estimate of drug-likeness (QED) is 0.289. The Morgan fingerprint density at radius 2 is 1.69 bits per heavy atom. The summed E-state index contributed by atoms with van der Waals surface area (Å²) in [6.07, 6.45) is 1.22. The third kappa shape index (κ3) is 9.90. The SMILES string of the molecule is O=C(Nc1ccc(OCc2cccc(Cl)c2)cc1)N[C@@H](Cc1ccccc1)C(=O)NCCCN1CCOCC1. The van der Waals surface area contributed by atoms with Gasteiger partial charge < -0.3 is 25.4 Å². The average Bonchev–Trinajstić information content (AvgIpc) is 2.96. The second-order valence-electron chi connectivity index (χ2n) is 9.38. The molecule has 0 aliphatic carbocycles. The molecule has 3 N–H and O–H groups in total. The van der Waals surface area contributed by atoms with E-state index >= 15 is 0 Å². The standard InChI is InChI=1S/C30H35ClN4O4/c31-25-9-4-8-24(20-25)22-39-27-12-10-26(11-13-27)33-30(37)34-28(21-23-6-2-1-3-7-23)29(36)32-14-5-15-35-16-18-38-19-17-35/h1-4,6-13,20,28H,5,14-19,21-22H2,(H,32,36)(H2,33,34,37)/t28-/m0/s1. The third-order valence-electron chi connectivity index (χ3n) is 6.37. The minimum absolute atomic E-state index is 0.208. The molecule has 0 spiro atoms. The number of morpholine rings is 1. The van der Waals surface area contributed by atoms with E-state index in [1.165, 1.54) is 0 Å². The fourth-order valence-electron chi connectivity index (χ4n) is 4.27. The van der Waals surface area contributed by atoms with Gasteiger partial charge in [-0.05, 0) is 60.5 Å². The van der Waals surface area contributed by atoms with Crippen LogP contribution in [0.15, 0.2) is 78.9 Å². The van der Waals surface area contributed by atoms with Crippen molar-refractivity contribution in [1.29, 1.82) is 0 Å². The van der Waals surface area contributed by atoms with Gasteiger partial charge in [0.1, 0.15) is 18.4 Å². The van der Waals surface area contributed by atoms with Crippen molar-refractivity contribution in [2.75, 3.05) is 44.7 Å². The molecule has 9 heteroatoms. The first-order chi connectivity index (χ1) is 19.0. The van der Waals surface area contributed by atoms with Gasteiger partial charge in [0, 0.05) is 36.8 Å². The van der Waals surface area contributed by atoms with E-state index in [0.717, 1.165) is 50.4 Å². The smallest absolute Gasteiger partial charge is 0.319 e. The first kappa shape index (κ1) is 28.4. The molecule has 3 amide bonds. The molecule has 3 aromatic rings. The number of hydrogen-bond donors (Lipinski definition) is 3. The summed E-state index contributed by atoms with van der Waals surface area (Å²) >= 11 is 6.03. The molecule has 0 aromatic heterocycles. The van der Waals surface area contributed by atoms with E-state index in [1.807, 2.05) is 54.6 Å². The predicted molar refractivity (Wildman–Crippen MR) is 153 cm³/mol. The van der Waals surface area contributed by atoms with Crippen LogP contribution in [0, 0.1) is 0 Å². The fourth-order valence-corrected chi connectivity index (χ4v) is 4.49. The molecule has 0 unspecified atom stereocenters. The Labute approximate surface area is 234 Å². The average molecular weight is 551 g/mol. The number of hydrogen-bond acceptors (Lipinski definition) is 5. The molecule has 8 nitrogen and oxygen atoms in total. The van der Waals surface area contributed by atoms with E-state index in [0.29, 0.717) is 36.0 Å². The van der Waals surface area contributed by atoms with Crippen molar-refractivity contribution in [3.8, 4) is 5.75 Å². The molecule has 1 aliphatic rings. The zero-order chi connectivity index (χ0) is 27.3. The van der Waals surface area contributed by atoms with E-state index in [1.54, 1.807) is 24.3 Å². The number of urea groups is 1. The van der Waals surface area contributed by atoms with Crippen LogP contribution < -0.4 is 20.7 Å². The largest absolute Gasteiger partial charge is 0.489 e. The number of anilines is 1. The minimum atomic E-state index is -0.712. The summed E-state index contributed by atoms with van der Waals surface area (Å²) in [5, 5.41) is 9.30. The number of benzene rings is 3. The molecule has 4 rings (SSSR count). The van der Waals surface area contributed by atoms with Gasteiger partial charge in [0.05, 0.1) is 13.2 Å². The normalized spacial score (nSPS) is 14.3. The zero-order valence-electron chi connectivity index (χ0n) is 21.9. The molecule has 3 aromatic carbocycles. The second kappa shape index (κ2) is 15.1. The highest BCUT2D eigenvalue weighted by Gasteiger charge is 2.21. The monoisotopic (exact) mass is 550 g/mol. The Bertz CT molecular complexity index is 1190. The van der Waals surface area contributed by atoms with Crippen LogP contribution in [0.4, 0.5) is 10.5 Å². The number of nitrogens with one attached hydrogen (secondary N) is 3. The lowest BCUT2D eigenvalue weighted by atomic mass is 10.1. The Kier molecular flexibility index (Phi) is 11.0. The van der Waals surface area contributed by atoms with Crippen LogP contribution >= 0.6 is 11.6 Å². The van der Waals surface area contributed by atoms with Crippen molar-refractivity contribution in [3.05, 3.63) is 95.0 Å². The number of carbonyl (C=O) groups is 2. The zero-order valence-corrected chi connectivity index (χ0v) is 22.7. The summed E-state index contributed by atoms with van der Waals surface area (Å²) in [4.78, 5) is 28.2. The third-order valence-corrected chi connectivity index (χ3v) is 6.60. The lowest BCUT2D eigenvalue weighted by Crippen LogP contribution is -2.49. The fraction of sp³-hybridized carbons (Fsp3) is 0.333. The molecule has 0 bridgehead atoms. The molecular formula is C30H35ClN4O4. The maximum absolute atomic E-state index is 13.0. The van der Waals surface area contributed by atoms with E-state index in [-0.39, 0.29) is 5.91 Å². The molecule has 0 saturated carbocycles. The van der Waals surface area contributed by atoms with Crippen molar-refractivity contribution >= 4 is 29.2 Å². The topological polar surface area (TPSA) is 91.9 Å². The summed E-state index contributed by atoms with van der Waals surface area (Å²) in [7, 11) is 0. The number of ether oxygens (including phenoxy) is 2. The summed E-state index contributed by atoms with van der Waals surface area (Å²) in [6, 6.07) is 23.1. The van der Waals surface area contributed by atoms with Gasteiger partial charge in [0.25, 0.3) is 0 Å². The Morgan fingerprint density at radius 3 is 2.44 bits per heavy atom. The molecule has 1 saturated heterocycles. The molecule has 1 aliphatic heterocycles. The van der Waals surface area contributed by atoms with Crippen molar-refractivity contribution in [3.63, 3.8) is 0 Å². The van der Waals surface area contributed by atoms with Gasteiger partial charge in [-0.15, -0.1) is 0 Å². The van der Waals surface area contributed by atoms with Crippen molar-refractivity contribution in [2.45, 2.75) is 25.5 Å². The number of nitrogens with zero attached hydrogens (tertiary/aromatic N) is 1. The first-order valence-electron chi connectivity index (χ1n) is 13.2. The maximum Gasteiger partial charge on any atom is 0.319 e. The Morgan fingerprint density at radius 1 is 0.949 bits per heavy atom. The molecular weight excluding hydrogens is 516 g/mol. The van der Waals surface area contributed by atoms with Crippen LogP contribution in [0.2, 0.25) is 5.02 Å². The highest BCUT2D eigenvalue weighted by Crippen LogP contribution is 2.18. The van der Waals surface area contributed by atoms with Crippen LogP contribution in [-0.4, -0.2) is 62.3 Å². The van der Waals surface area contributed by atoms with Crippen molar-refractivity contribution in [2.24, 2.45) is 0 Å². The molecule has 206 valence electrons. The van der Waals surface area contributed by atoms with E-state index in [2.05, 4.69) is 20.9 Å². The highest BCUT2D eigenvalue weighted by molar-refractivity contribution is 6.30. The van der Waals surface area contributed by atoms with Gasteiger partial charge in [-0.2, -0.15) is 0 Å². The van der Waals surface area contributed by atoms with Gasteiger partial charge in [-0.1, -0.05) is 54.1 Å². The number of carbonyl (C=O) groups excluding carboxylic acids is 2. The lowest BCUT2D eigenvalue weighted by molar-refractivity contribution is -0.122. The molecule has 1 atom stereocenters. The highest BCUT2D eigenvalue weighted by atomic mass is 35.5. The summed E-state index contributed by atoms with van der Waals surface area (Å²) < 4.78 is 11.2. The van der Waals surface area contributed by atoms with Gasteiger partial charge in [-0.3, -0.25) is 9.69 Å². The van der Waals surface area contributed by atoms with E-state index in [9.17, 15) is 9.59 Å². The van der Waals surface area contributed by atoms with E-state index < -0.39 is 12.1 Å². The lowest BCUT2D eigenvalue weighted by Gasteiger charge is -2.26.